The molecule has 1 aliphatic rings. The number of ketones is 2. The van der Waals surface area contributed by atoms with E-state index in [9.17, 15) is 45.0 Å². The van der Waals surface area contributed by atoms with Gasteiger partial charge in [-0.2, -0.15) is 0 Å². The first kappa shape index (κ1) is 39.9. The molecule has 0 saturated heterocycles. The minimum Gasteiger partial charge on any atom is -0.489 e. The number of cyclic esters (lactones) is 1. The van der Waals surface area contributed by atoms with Gasteiger partial charge in [-0.05, 0) is 12.8 Å². The van der Waals surface area contributed by atoms with Crippen LogP contribution in [0.2, 0.25) is 0 Å². The second-order valence-electron chi connectivity index (χ2n) is 11.5. The third-order valence-corrected chi connectivity index (χ3v) is 7.96. The SMILES string of the molecule is CCCCCCCCCCCCCCCCOC1=C(OCCCC)[C@@](C(=O)C(O)CO)([C@@](O)(CO)C(=O)C(O)CO)OC1=O. The molecule has 0 spiro atoms. The molecule has 0 amide bonds. The van der Waals surface area contributed by atoms with Gasteiger partial charge in [0.05, 0.1) is 33.0 Å². The van der Waals surface area contributed by atoms with E-state index in [0.717, 1.165) is 25.7 Å². The lowest BCUT2D eigenvalue weighted by Gasteiger charge is -2.41. The van der Waals surface area contributed by atoms with E-state index >= 15 is 0 Å². The fraction of sp³-hybridized carbons (Fsp3) is 0.844. The van der Waals surface area contributed by atoms with E-state index in [1.54, 1.807) is 0 Å². The molecule has 1 rings (SSSR count). The second-order valence-corrected chi connectivity index (χ2v) is 11.5. The quantitative estimate of drug-likeness (QED) is 0.0544. The lowest BCUT2D eigenvalue weighted by molar-refractivity contribution is -0.207. The van der Waals surface area contributed by atoms with Gasteiger partial charge < -0.3 is 44.8 Å². The summed E-state index contributed by atoms with van der Waals surface area (Å²) in [7, 11) is 0. The van der Waals surface area contributed by atoms with Crippen molar-refractivity contribution in [1.82, 2.24) is 0 Å². The van der Waals surface area contributed by atoms with E-state index in [-0.39, 0.29) is 13.2 Å². The summed E-state index contributed by atoms with van der Waals surface area (Å²) in [6, 6.07) is 0. The first-order valence-electron chi connectivity index (χ1n) is 16.4. The number of hydrogen-bond acceptors (Lipinski definition) is 12. The van der Waals surface area contributed by atoms with Crippen molar-refractivity contribution in [3.8, 4) is 0 Å². The first-order chi connectivity index (χ1) is 21.1. The van der Waals surface area contributed by atoms with Crippen molar-refractivity contribution in [2.24, 2.45) is 0 Å². The van der Waals surface area contributed by atoms with Crippen molar-refractivity contribution in [3.63, 3.8) is 0 Å². The molecule has 0 saturated carbocycles. The van der Waals surface area contributed by atoms with Gasteiger partial charge in [-0.1, -0.05) is 104 Å². The summed E-state index contributed by atoms with van der Waals surface area (Å²) in [6.07, 6.45) is 12.4. The van der Waals surface area contributed by atoms with Crippen LogP contribution in [0.25, 0.3) is 0 Å². The summed E-state index contributed by atoms with van der Waals surface area (Å²) in [5.74, 6) is -5.94. The Labute approximate surface area is 261 Å². The van der Waals surface area contributed by atoms with Crippen molar-refractivity contribution in [2.45, 2.75) is 140 Å². The largest absolute Gasteiger partial charge is 0.489 e. The van der Waals surface area contributed by atoms with E-state index in [4.69, 9.17) is 14.2 Å². The van der Waals surface area contributed by atoms with Crippen LogP contribution in [-0.2, 0) is 28.6 Å². The van der Waals surface area contributed by atoms with Crippen LogP contribution in [0.4, 0.5) is 0 Å². The van der Waals surface area contributed by atoms with Gasteiger partial charge in [0.25, 0.3) is 5.60 Å². The average Bonchev–Trinajstić information content (AvgIpc) is 3.32. The van der Waals surface area contributed by atoms with Crippen molar-refractivity contribution in [1.29, 1.82) is 0 Å². The lowest BCUT2D eigenvalue weighted by Crippen LogP contribution is -2.71. The lowest BCUT2D eigenvalue weighted by atomic mass is 9.73. The van der Waals surface area contributed by atoms with Crippen LogP contribution in [0.15, 0.2) is 11.5 Å². The molecule has 0 aromatic rings. The summed E-state index contributed by atoms with van der Waals surface area (Å²) < 4.78 is 16.6. The molecule has 0 radical (unpaired) electrons. The molecule has 12 nitrogen and oxygen atoms in total. The number of carbonyl (C=O) groups excluding carboxylic acids is 3. The van der Waals surface area contributed by atoms with E-state index in [0.29, 0.717) is 19.3 Å². The van der Waals surface area contributed by atoms with E-state index in [1.807, 2.05) is 6.92 Å². The summed E-state index contributed by atoms with van der Waals surface area (Å²) in [6.45, 7) is -0.0315. The first-order valence-corrected chi connectivity index (χ1v) is 16.4. The Morgan fingerprint density at radius 1 is 0.727 bits per heavy atom. The molecular weight excluding hydrogens is 576 g/mol. The Kier molecular flexibility index (Phi) is 19.6. The summed E-state index contributed by atoms with van der Waals surface area (Å²) in [4.78, 5) is 39.5. The van der Waals surface area contributed by atoms with E-state index in [1.165, 1.54) is 57.8 Å². The maximum absolute atomic E-state index is 13.4. The van der Waals surface area contributed by atoms with Crippen molar-refractivity contribution < 1.29 is 59.2 Å². The molecule has 0 aromatic heterocycles. The molecule has 44 heavy (non-hydrogen) atoms. The van der Waals surface area contributed by atoms with Crippen LogP contribution in [-0.4, -0.2) is 105 Å². The van der Waals surface area contributed by atoms with Gasteiger partial charge in [0.1, 0.15) is 12.2 Å². The van der Waals surface area contributed by atoms with Gasteiger partial charge >= 0.3 is 5.97 Å². The maximum Gasteiger partial charge on any atom is 0.379 e. The minimum atomic E-state index is -3.40. The fourth-order valence-electron chi connectivity index (χ4n) is 5.24. The van der Waals surface area contributed by atoms with E-state index < -0.39 is 72.3 Å². The third-order valence-electron chi connectivity index (χ3n) is 7.96. The molecule has 0 bridgehead atoms. The molecular formula is C32H56O12. The van der Waals surface area contributed by atoms with Gasteiger partial charge in [-0.15, -0.1) is 0 Å². The second kappa shape index (κ2) is 21.6. The van der Waals surface area contributed by atoms with Gasteiger partial charge in [0.2, 0.25) is 28.7 Å². The molecule has 4 atom stereocenters. The van der Waals surface area contributed by atoms with Gasteiger partial charge in [0, 0.05) is 0 Å². The zero-order chi connectivity index (χ0) is 33.0. The Morgan fingerprint density at radius 3 is 1.64 bits per heavy atom. The number of ether oxygens (including phenoxy) is 3. The zero-order valence-corrected chi connectivity index (χ0v) is 26.6. The van der Waals surface area contributed by atoms with Gasteiger partial charge in [0.15, 0.2) is 0 Å². The molecule has 0 fully saturated rings. The predicted molar refractivity (Wildman–Crippen MR) is 161 cm³/mol. The Balaban J connectivity index is 2.94. The van der Waals surface area contributed by atoms with Crippen LogP contribution in [0, 0.1) is 0 Å². The predicted octanol–water partition coefficient (Wildman–Crippen LogP) is 2.38. The number of rotatable bonds is 28. The van der Waals surface area contributed by atoms with E-state index in [2.05, 4.69) is 6.92 Å². The van der Waals surface area contributed by atoms with Crippen molar-refractivity contribution in [3.05, 3.63) is 11.5 Å². The van der Waals surface area contributed by atoms with Crippen LogP contribution in [0.1, 0.15) is 117 Å². The molecule has 2 unspecified atom stereocenters. The minimum absolute atomic E-state index is 0.000686. The number of esters is 1. The molecule has 1 aliphatic heterocycles. The number of unbranched alkanes of at least 4 members (excludes halogenated alkanes) is 14. The number of aliphatic hydroxyl groups is 6. The van der Waals surface area contributed by atoms with Gasteiger partial charge in [-0.3, -0.25) is 9.59 Å². The molecule has 6 N–H and O–H groups in total. The highest BCUT2D eigenvalue weighted by atomic mass is 16.6. The topological polar surface area (TPSA) is 200 Å². The number of carbonyl (C=O) groups is 3. The van der Waals surface area contributed by atoms with Crippen LogP contribution in [0.3, 0.4) is 0 Å². The normalized spacial score (nSPS) is 19.4. The average molecular weight is 633 g/mol. The Morgan fingerprint density at radius 2 is 1.18 bits per heavy atom. The molecule has 1 heterocycles. The highest BCUT2D eigenvalue weighted by molar-refractivity contribution is 6.09. The van der Waals surface area contributed by atoms with Crippen molar-refractivity contribution >= 4 is 17.5 Å². The highest BCUT2D eigenvalue weighted by Crippen LogP contribution is 2.45. The third kappa shape index (κ3) is 10.8. The Bertz CT molecular complexity index is 890. The van der Waals surface area contributed by atoms with Crippen LogP contribution in [0.5, 0.6) is 0 Å². The molecule has 0 aromatic carbocycles. The fourth-order valence-corrected chi connectivity index (χ4v) is 5.24. The summed E-state index contributed by atoms with van der Waals surface area (Å²) >= 11 is 0. The van der Waals surface area contributed by atoms with Gasteiger partial charge in [-0.25, -0.2) is 4.79 Å². The standard InChI is InChI=1S/C32H56O12/c1-3-5-7-8-9-10-11-12-13-14-15-16-17-18-20-42-26-29(43-19-6-4-2)32(44-30(26)40,28(39)25(37)22-34)31(41,23-35)27(38)24(36)21-33/h24-25,33-37,41H,3-23H2,1-2H3/t24?,25?,31-,32+/m1/s1. The molecule has 0 aliphatic carbocycles. The molecule has 12 heteroatoms. The van der Waals surface area contributed by atoms with Crippen LogP contribution < -0.4 is 0 Å². The maximum atomic E-state index is 13.4. The highest BCUT2D eigenvalue weighted by Gasteiger charge is 2.72. The monoisotopic (exact) mass is 632 g/mol. The number of aliphatic hydroxyl groups excluding tert-OH is 5. The number of Topliss-reactive ketones (excluding diaryl/α,β-unsaturated/α-hetero) is 2. The smallest absolute Gasteiger partial charge is 0.379 e. The van der Waals surface area contributed by atoms with Crippen molar-refractivity contribution in [2.75, 3.05) is 33.0 Å². The summed E-state index contributed by atoms with van der Waals surface area (Å²) in [5.41, 5.74) is -6.60. The molecule has 256 valence electrons. The summed E-state index contributed by atoms with van der Waals surface area (Å²) in [5, 5.41) is 60.6. The number of hydrogen-bond donors (Lipinski definition) is 6. The van der Waals surface area contributed by atoms with Crippen LogP contribution >= 0.6 is 0 Å². The Hall–Kier alpha value is -2.09. The zero-order valence-electron chi connectivity index (χ0n) is 26.6.